The number of alkyl halides is 3. The van der Waals surface area contributed by atoms with Crippen LogP contribution in [-0.4, -0.2) is 54.9 Å². The predicted molar refractivity (Wildman–Crippen MR) is 149 cm³/mol. The summed E-state index contributed by atoms with van der Waals surface area (Å²) in [4.78, 5) is 14.2. The van der Waals surface area contributed by atoms with E-state index in [1.165, 1.54) is 12.5 Å². The van der Waals surface area contributed by atoms with E-state index in [2.05, 4.69) is 19.9 Å². The molecule has 0 saturated carbocycles. The topological polar surface area (TPSA) is 85.3 Å². The van der Waals surface area contributed by atoms with Gasteiger partial charge in [-0.3, -0.25) is 9.88 Å². The summed E-state index contributed by atoms with van der Waals surface area (Å²) in [5, 5.41) is 21.9. The number of nitrogens with zero attached hydrogens (tertiary/aromatic N) is 3. The highest BCUT2D eigenvalue weighted by molar-refractivity contribution is 5.76. The number of pyridine rings is 2. The van der Waals surface area contributed by atoms with Gasteiger partial charge in [0.2, 0.25) is 0 Å². The molecule has 1 aliphatic heterocycles. The number of benzene rings is 1. The molecule has 0 radical (unpaired) electrons. The fraction of sp³-hybridized carbons (Fsp3) is 0.419. The van der Waals surface area contributed by atoms with Gasteiger partial charge in [-0.15, -0.1) is 0 Å². The van der Waals surface area contributed by atoms with Gasteiger partial charge in [0.1, 0.15) is 5.75 Å². The van der Waals surface area contributed by atoms with Crippen LogP contribution in [0.4, 0.5) is 13.2 Å². The van der Waals surface area contributed by atoms with E-state index in [4.69, 9.17) is 0 Å². The number of piperidine rings is 1. The lowest BCUT2D eigenvalue weighted by molar-refractivity contribution is -0.266. The van der Waals surface area contributed by atoms with Gasteiger partial charge in [-0.25, -0.2) is 4.98 Å². The lowest BCUT2D eigenvalue weighted by Crippen LogP contribution is -2.50. The minimum atomic E-state index is -4.91. The third-order valence-electron chi connectivity index (χ3n) is 7.89. The number of fused-ring (bicyclic) bond motifs is 1. The van der Waals surface area contributed by atoms with Crippen LogP contribution in [0.3, 0.4) is 0 Å². The van der Waals surface area contributed by atoms with Gasteiger partial charge in [0, 0.05) is 42.2 Å². The van der Waals surface area contributed by atoms with Crippen LogP contribution in [0, 0.1) is 0 Å². The van der Waals surface area contributed by atoms with Gasteiger partial charge in [0.05, 0.1) is 16.7 Å². The van der Waals surface area contributed by atoms with Gasteiger partial charge in [0.15, 0.2) is 5.60 Å². The number of H-pyrrole nitrogens is 1. The number of aromatic nitrogens is 3. The number of halogens is 3. The molecule has 4 aromatic rings. The quantitative estimate of drug-likeness (QED) is 0.232. The van der Waals surface area contributed by atoms with E-state index in [-0.39, 0.29) is 11.4 Å². The largest absolute Gasteiger partial charge is 0.508 e. The fourth-order valence-electron chi connectivity index (χ4n) is 5.83. The Balaban J connectivity index is 1.41. The van der Waals surface area contributed by atoms with E-state index in [0.29, 0.717) is 28.7 Å². The van der Waals surface area contributed by atoms with Gasteiger partial charge in [-0.1, -0.05) is 32.4 Å². The molecule has 9 heteroatoms. The summed E-state index contributed by atoms with van der Waals surface area (Å²) in [7, 11) is 0. The van der Waals surface area contributed by atoms with Gasteiger partial charge in [-0.2, -0.15) is 13.2 Å². The maximum atomic E-state index is 14.5. The van der Waals surface area contributed by atoms with Gasteiger partial charge < -0.3 is 15.2 Å². The van der Waals surface area contributed by atoms with Gasteiger partial charge in [0.25, 0.3) is 0 Å². The molecule has 0 amide bonds. The number of aromatic hydroxyl groups is 1. The lowest BCUT2D eigenvalue weighted by Gasteiger charge is -2.38. The summed E-state index contributed by atoms with van der Waals surface area (Å²) in [5.74, 6) is -0.127. The Kier molecular flexibility index (Phi) is 7.63. The SMILES string of the molecule is CC(C)(CC(O)(Cc1cc2nc(CN3CCCCC3)ccc2[nH]1)C(F)(F)F)c1cc(-c2cccnc2)ccc1O. The average molecular weight is 553 g/mol. The highest BCUT2D eigenvalue weighted by Gasteiger charge is 2.56. The summed E-state index contributed by atoms with van der Waals surface area (Å²) in [6, 6.07) is 13.8. The number of nitrogens with one attached hydrogen (secondary N) is 1. The van der Waals surface area contributed by atoms with Crippen molar-refractivity contribution < 1.29 is 23.4 Å². The second-order valence-corrected chi connectivity index (χ2v) is 11.6. The smallest absolute Gasteiger partial charge is 0.417 e. The second kappa shape index (κ2) is 10.9. The van der Waals surface area contributed by atoms with Crippen molar-refractivity contribution in [2.45, 2.75) is 69.7 Å². The van der Waals surface area contributed by atoms with Crippen LogP contribution >= 0.6 is 0 Å². The Bertz CT molecular complexity index is 1460. The molecule has 0 spiro atoms. The second-order valence-electron chi connectivity index (χ2n) is 11.6. The molecule has 0 aliphatic carbocycles. The molecule has 1 fully saturated rings. The maximum absolute atomic E-state index is 14.5. The molecule has 4 heterocycles. The summed E-state index contributed by atoms with van der Waals surface area (Å²) < 4.78 is 43.5. The van der Waals surface area contributed by atoms with Crippen molar-refractivity contribution in [3.05, 3.63) is 77.9 Å². The van der Waals surface area contributed by atoms with Crippen molar-refractivity contribution in [3.63, 3.8) is 0 Å². The zero-order valence-electron chi connectivity index (χ0n) is 22.8. The summed E-state index contributed by atoms with van der Waals surface area (Å²) in [5.41, 5.74) is -0.140. The molecule has 1 atom stereocenters. The molecule has 3 aromatic heterocycles. The number of likely N-dealkylation sites (tertiary alicyclic amines) is 1. The highest BCUT2D eigenvalue weighted by atomic mass is 19.4. The molecule has 40 heavy (non-hydrogen) atoms. The van der Waals surface area contributed by atoms with Crippen LogP contribution in [0.25, 0.3) is 22.2 Å². The summed E-state index contributed by atoms with van der Waals surface area (Å²) >= 11 is 0. The Hall–Kier alpha value is -3.43. The minimum Gasteiger partial charge on any atom is -0.508 e. The average Bonchev–Trinajstić information content (AvgIpc) is 3.30. The van der Waals surface area contributed by atoms with Crippen LogP contribution < -0.4 is 0 Å². The lowest BCUT2D eigenvalue weighted by atomic mass is 9.72. The first-order valence-electron chi connectivity index (χ1n) is 13.7. The van der Waals surface area contributed by atoms with E-state index in [1.807, 2.05) is 18.2 Å². The Labute approximate surface area is 231 Å². The molecule has 1 saturated heterocycles. The normalized spacial score (nSPS) is 16.8. The van der Waals surface area contributed by atoms with Crippen LogP contribution in [0.2, 0.25) is 0 Å². The standard InChI is InChI=1S/C31H35F3N4O2/c1-29(2,25-15-21(8-11-28(25)39)22-7-6-12-35-18-22)20-30(40,31(32,33)34)17-24-16-27-26(37-24)10-9-23(36-27)19-38-13-4-3-5-14-38/h6-12,15-16,18,37,39-40H,3-5,13-14,17,19-20H2,1-2H3. The van der Waals surface area contributed by atoms with Crippen molar-refractivity contribution in [2.75, 3.05) is 13.1 Å². The fourth-order valence-corrected chi connectivity index (χ4v) is 5.83. The van der Waals surface area contributed by atoms with Crippen molar-refractivity contribution in [2.24, 2.45) is 0 Å². The first-order chi connectivity index (χ1) is 18.9. The van der Waals surface area contributed by atoms with E-state index < -0.39 is 30.0 Å². The van der Waals surface area contributed by atoms with Crippen LogP contribution in [0.1, 0.15) is 56.5 Å². The Morgan fingerprint density at radius 2 is 1.75 bits per heavy atom. The Morgan fingerprint density at radius 3 is 2.45 bits per heavy atom. The minimum absolute atomic E-state index is 0.127. The van der Waals surface area contributed by atoms with Crippen LogP contribution in [-0.2, 0) is 18.4 Å². The molecule has 5 rings (SSSR count). The maximum Gasteiger partial charge on any atom is 0.417 e. The van der Waals surface area contributed by atoms with Gasteiger partial charge in [-0.05, 0) is 79.7 Å². The molecule has 3 N–H and O–H groups in total. The summed E-state index contributed by atoms with van der Waals surface area (Å²) in [6.45, 7) is 5.95. The van der Waals surface area contributed by atoms with E-state index >= 15 is 0 Å². The number of hydrogen-bond acceptors (Lipinski definition) is 5. The van der Waals surface area contributed by atoms with Crippen molar-refractivity contribution in [3.8, 4) is 16.9 Å². The number of hydrogen-bond donors (Lipinski definition) is 3. The zero-order chi connectivity index (χ0) is 28.5. The number of phenols is 1. The molecular formula is C31H35F3N4O2. The van der Waals surface area contributed by atoms with Crippen molar-refractivity contribution >= 4 is 11.0 Å². The molecule has 6 nitrogen and oxygen atoms in total. The van der Waals surface area contributed by atoms with Crippen LogP contribution in [0.5, 0.6) is 5.75 Å². The van der Waals surface area contributed by atoms with E-state index in [9.17, 15) is 23.4 Å². The number of rotatable bonds is 8. The van der Waals surface area contributed by atoms with E-state index in [0.717, 1.165) is 37.2 Å². The third-order valence-corrected chi connectivity index (χ3v) is 7.89. The first-order valence-corrected chi connectivity index (χ1v) is 13.7. The van der Waals surface area contributed by atoms with E-state index in [1.54, 1.807) is 50.5 Å². The summed E-state index contributed by atoms with van der Waals surface area (Å²) in [6.07, 6.45) is 0.605. The highest BCUT2D eigenvalue weighted by Crippen LogP contribution is 2.45. The number of phenolic OH excluding ortho intramolecular Hbond substituents is 1. The monoisotopic (exact) mass is 552 g/mol. The molecule has 1 unspecified atom stereocenters. The molecule has 1 aliphatic rings. The molecule has 1 aromatic carbocycles. The van der Waals surface area contributed by atoms with Crippen molar-refractivity contribution in [1.29, 1.82) is 0 Å². The molecule has 212 valence electrons. The first kappa shape index (κ1) is 28.1. The molecular weight excluding hydrogens is 517 g/mol. The number of aromatic amines is 1. The third kappa shape index (κ3) is 6.00. The zero-order valence-corrected chi connectivity index (χ0v) is 22.8. The van der Waals surface area contributed by atoms with Crippen molar-refractivity contribution in [1.82, 2.24) is 19.9 Å². The van der Waals surface area contributed by atoms with Gasteiger partial charge >= 0.3 is 6.18 Å². The molecule has 0 bridgehead atoms. The predicted octanol–water partition coefficient (Wildman–Crippen LogP) is 6.52. The Morgan fingerprint density at radius 1 is 0.975 bits per heavy atom. The number of aliphatic hydroxyl groups is 1. The van der Waals surface area contributed by atoms with Crippen LogP contribution in [0.15, 0.2) is 60.9 Å².